The highest BCUT2D eigenvalue weighted by Crippen LogP contribution is 2.13. The summed E-state index contributed by atoms with van der Waals surface area (Å²) in [6, 6.07) is 1.56. The predicted octanol–water partition coefficient (Wildman–Crippen LogP) is 0.443. The van der Waals surface area contributed by atoms with E-state index in [1.807, 2.05) is 6.92 Å². The van der Waals surface area contributed by atoms with Crippen molar-refractivity contribution in [3.05, 3.63) is 24.7 Å². The molecule has 0 fully saturated rings. The second-order valence-electron chi connectivity index (χ2n) is 3.72. The molecule has 2 aromatic rings. The minimum absolute atomic E-state index is 0.00430. The molecular formula is C10H14N6O2S. The molecule has 0 aliphatic carbocycles. The maximum atomic E-state index is 12.1. The molecule has 0 aliphatic heterocycles. The lowest BCUT2D eigenvalue weighted by Crippen LogP contribution is -2.16. The van der Waals surface area contributed by atoms with Gasteiger partial charge in [-0.15, -0.1) is 0 Å². The van der Waals surface area contributed by atoms with Crippen molar-refractivity contribution in [3.8, 4) is 0 Å². The molecule has 19 heavy (non-hydrogen) atoms. The molecule has 2 N–H and O–H groups in total. The third kappa shape index (κ3) is 2.99. The Labute approximate surface area is 110 Å². The highest BCUT2D eigenvalue weighted by Gasteiger charge is 2.16. The van der Waals surface area contributed by atoms with Gasteiger partial charge >= 0.3 is 0 Å². The Morgan fingerprint density at radius 3 is 2.53 bits per heavy atom. The molecule has 102 valence electrons. The van der Waals surface area contributed by atoms with Crippen LogP contribution in [0.5, 0.6) is 0 Å². The standard InChI is InChI=1S/C10H14N6O2S/c1-3-11-10-12-6-8(7-13-10)19(17,18)15-9-4-5-14-16(9)2/h4-7,15H,3H2,1-2H3,(H,11,12,13). The number of aryl methyl sites for hydroxylation is 1. The van der Waals surface area contributed by atoms with Gasteiger partial charge in [0.15, 0.2) is 0 Å². The highest BCUT2D eigenvalue weighted by molar-refractivity contribution is 7.92. The van der Waals surface area contributed by atoms with E-state index in [1.54, 1.807) is 13.1 Å². The van der Waals surface area contributed by atoms with Crippen molar-refractivity contribution >= 4 is 21.8 Å². The van der Waals surface area contributed by atoms with E-state index in [4.69, 9.17) is 0 Å². The number of nitrogens with one attached hydrogen (secondary N) is 2. The van der Waals surface area contributed by atoms with E-state index in [0.29, 0.717) is 18.3 Å². The number of nitrogens with zero attached hydrogens (tertiary/aromatic N) is 4. The first-order chi connectivity index (χ1) is 9.03. The number of anilines is 2. The average molecular weight is 282 g/mol. The zero-order chi connectivity index (χ0) is 13.9. The second kappa shape index (κ2) is 5.22. The van der Waals surface area contributed by atoms with Gasteiger partial charge in [-0.25, -0.2) is 18.4 Å². The molecule has 0 aliphatic rings. The van der Waals surface area contributed by atoms with Crippen LogP contribution in [0.2, 0.25) is 0 Å². The van der Waals surface area contributed by atoms with Gasteiger partial charge < -0.3 is 5.32 Å². The number of hydrogen-bond donors (Lipinski definition) is 2. The van der Waals surface area contributed by atoms with Crippen molar-refractivity contribution in [1.82, 2.24) is 19.7 Å². The van der Waals surface area contributed by atoms with E-state index in [1.165, 1.54) is 23.3 Å². The molecule has 2 rings (SSSR count). The fourth-order valence-corrected chi connectivity index (χ4v) is 2.35. The molecule has 9 heteroatoms. The van der Waals surface area contributed by atoms with Crippen LogP contribution >= 0.6 is 0 Å². The van der Waals surface area contributed by atoms with Crippen molar-refractivity contribution in [2.45, 2.75) is 11.8 Å². The Morgan fingerprint density at radius 2 is 2.00 bits per heavy atom. The normalized spacial score (nSPS) is 11.3. The van der Waals surface area contributed by atoms with Gasteiger partial charge in [0.2, 0.25) is 5.95 Å². The van der Waals surface area contributed by atoms with E-state index in [0.717, 1.165) is 0 Å². The molecule has 0 radical (unpaired) electrons. The fourth-order valence-electron chi connectivity index (χ4n) is 1.38. The van der Waals surface area contributed by atoms with Crippen LogP contribution in [0.25, 0.3) is 0 Å². The molecule has 2 aromatic heterocycles. The maximum absolute atomic E-state index is 12.1. The van der Waals surface area contributed by atoms with E-state index < -0.39 is 10.0 Å². The molecule has 0 amide bonds. The van der Waals surface area contributed by atoms with E-state index >= 15 is 0 Å². The molecule has 0 unspecified atom stereocenters. The first-order valence-corrected chi connectivity index (χ1v) is 7.08. The van der Waals surface area contributed by atoms with Crippen LogP contribution in [0.3, 0.4) is 0 Å². The zero-order valence-corrected chi connectivity index (χ0v) is 11.3. The second-order valence-corrected chi connectivity index (χ2v) is 5.40. The van der Waals surface area contributed by atoms with E-state index in [2.05, 4.69) is 25.1 Å². The van der Waals surface area contributed by atoms with E-state index in [9.17, 15) is 8.42 Å². The van der Waals surface area contributed by atoms with Crippen LogP contribution in [0.1, 0.15) is 6.92 Å². The molecule has 0 spiro atoms. The quantitative estimate of drug-likeness (QED) is 0.825. The van der Waals surface area contributed by atoms with Crippen LogP contribution < -0.4 is 10.0 Å². The summed E-state index contributed by atoms with van der Waals surface area (Å²) < 4.78 is 28.0. The molecule has 8 nitrogen and oxygen atoms in total. The lowest BCUT2D eigenvalue weighted by atomic mass is 10.6. The number of rotatable bonds is 5. The Balaban J connectivity index is 2.22. The largest absolute Gasteiger partial charge is 0.355 e. The van der Waals surface area contributed by atoms with Gasteiger partial charge in [-0.1, -0.05) is 0 Å². The van der Waals surface area contributed by atoms with Crippen molar-refractivity contribution in [2.75, 3.05) is 16.6 Å². The molecule has 0 saturated carbocycles. The van der Waals surface area contributed by atoms with Crippen LogP contribution in [0.4, 0.5) is 11.8 Å². The highest BCUT2D eigenvalue weighted by atomic mass is 32.2. The summed E-state index contributed by atoms with van der Waals surface area (Å²) in [5.74, 6) is 0.762. The van der Waals surface area contributed by atoms with Crippen LogP contribution in [-0.4, -0.2) is 34.7 Å². The topological polar surface area (TPSA) is 102 Å². The molecule has 0 saturated heterocycles. The summed E-state index contributed by atoms with van der Waals surface area (Å²) in [5.41, 5.74) is 0. The minimum Gasteiger partial charge on any atom is -0.355 e. The first-order valence-electron chi connectivity index (χ1n) is 5.59. The Kier molecular flexibility index (Phi) is 3.65. The Morgan fingerprint density at radius 1 is 1.32 bits per heavy atom. The van der Waals surface area contributed by atoms with Crippen molar-refractivity contribution in [2.24, 2.45) is 7.05 Å². The van der Waals surface area contributed by atoms with Crippen molar-refractivity contribution in [3.63, 3.8) is 0 Å². The summed E-state index contributed by atoms with van der Waals surface area (Å²) in [7, 11) is -2.06. The summed E-state index contributed by atoms with van der Waals surface area (Å²) in [6.45, 7) is 2.57. The number of sulfonamides is 1. The smallest absolute Gasteiger partial charge is 0.266 e. The third-order valence-electron chi connectivity index (χ3n) is 2.33. The molecule has 0 atom stereocenters. The predicted molar refractivity (Wildman–Crippen MR) is 70.2 cm³/mol. The fraction of sp³-hybridized carbons (Fsp3) is 0.300. The van der Waals surface area contributed by atoms with Crippen LogP contribution in [0, 0.1) is 0 Å². The molecular weight excluding hydrogens is 268 g/mol. The summed E-state index contributed by atoms with van der Waals surface area (Å²) >= 11 is 0. The van der Waals surface area contributed by atoms with Gasteiger partial charge in [-0.05, 0) is 6.92 Å². The Hall–Kier alpha value is -2.16. The van der Waals surface area contributed by atoms with Gasteiger partial charge in [-0.2, -0.15) is 5.10 Å². The van der Waals surface area contributed by atoms with Gasteiger partial charge in [-0.3, -0.25) is 9.40 Å². The van der Waals surface area contributed by atoms with Crippen molar-refractivity contribution in [1.29, 1.82) is 0 Å². The third-order valence-corrected chi connectivity index (χ3v) is 3.64. The summed E-state index contributed by atoms with van der Waals surface area (Å²) in [4.78, 5) is 7.84. The number of aromatic nitrogens is 4. The van der Waals surface area contributed by atoms with Crippen LogP contribution in [-0.2, 0) is 17.1 Å². The van der Waals surface area contributed by atoms with E-state index in [-0.39, 0.29) is 4.90 Å². The van der Waals surface area contributed by atoms with Gasteiger partial charge in [0, 0.05) is 19.7 Å². The minimum atomic E-state index is -3.70. The lowest BCUT2D eigenvalue weighted by molar-refractivity contribution is 0.599. The number of hydrogen-bond acceptors (Lipinski definition) is 6. The van der Waals surface area contributed by atoms with Gasteiger partial charge in [0.05, 0.1) is 18.6 Å². The molecule has 0 bridgehead atoms. The van der Waals surface area contributed by atoms with Crippen LogP contribution in [0.15, 0.2) is 29.6 Å². The monoisotopic (exact) mass is 282 g/mol. The molecule has 0 aromatic carbocycles. The maximum Gasteiger partial charge on any atom is 0.266 e. The Bertz CT molecular complexity index is 649. The average Bonchev–Trinajstić information content (AvgIpc) is 2.75. The summed E-state index contributed by atoms with van der Waals surface area (Å²) in [5, 5.41) is 6.77. The van der Waals surface area contributed by atoms with Gasteiger partial charge in [0.1, 0.15) is 10.7 Å². The van der Waals surface area contributed by atoms with Gasteiger partial charge in [0.25, 0.3) is 10.0 Å². The zero-order valence-electron chi connectivity index (χ0n) is 10.5. The van der Waals surface area contributed by atoms with Crippen molar-refractivity contribution < 1.29 is 8.42 Å². The SMILES string of the molecule is CCNc1ncc(S(=O)(=O)Nc2ccnn2C)cn1. The lowest BCUT2D eigenvalue weighted by Gasteiger charge is -2.08. The first kappa shape index (κ1) is 13.3. The molecule has 2 heterocycles. The summed E-state index contributed by atoms with van der Waals surface area (Å²) in [6.07, 6.45) is 4.01.